The highest BCUT2D eigenvalue weighted by Gasteiger charge is 2.19. The first-order valence-corrected chi connectivity index (χ1v) is 10.5. The first-order valence-electron chi connectivity index (χ1n) is 10.5. The maximum absolute atomic E-state index is 12.4. The minimum atomic E-state index is 0.0858. The number of amides is 1. The summed E-state index contributed by atoms with van der Waals surface area (Å²) in [5.74, 6) is 1.47. The molecule has 3 aromatic rings. The van der Waals surface area contributed by atoms with Crippen molar-refractivity contribution in [2.24, 2.45) is 5.92 Å². The van der Waals surface area contributed by atoms with E-state index in [1.54, 1.807) is 6.20 Å². The second-order valence-corrected chi connectivity index (χ2v) is 8.06. The highest BCUT2D eigenvalue weighted by Crippen LogP contribution is 2.31. The zero-order chi connectivity index (χ0) is 21.8. The van der Waals surface area contributed by atoms with Crippen molar-refractivity contribution in [3.05, 3.63) is 59.9 Å². The number of allylic oxidation sites excluding steroid dienone is 2. The molecule has 7 nitrogen and oxygen atoms in total. The van der Waals surface area contributed by atoms with Crippen LogP contribution >= 0.6 is 0 Å². The van der Waals surface area contributed by atoms with Crippen LogP contribution in [0.2, 0.25) is 0 Å². The molecule has 1 aromatic carbocycles. The topological polar surface area (TPSA) is 84.2 Å². The number of rotatable bonds is 6. The van der Waals surface area contributed by atoms with Gasteiger partial charge in [-0.2, -0.15) is 0 Å². The summed E-state index contributed by atoms with van der Waals surface area (Å²) in [5.41, 5.74) is 4.36. The fourth-order valence-electron chi connectivity index (χ4n) is 3.62. The SMILES string of the molecule is Cc1cc(-c2cnc(N(C)C)nc2-c2ccc(CNC(=O)C3CC=CCC3)cc2)on1. The van der Waals surface area contributed by atoms with Gasteiger partial charge in [0.25, 0.3) is 0 Å². The zero-order valence-corrected chi connectivity index (χ0v) is 18.1. The van der Waals surface area contributed by atoms with Crippen LogP contribution in [0.4, 0.5) is 5.95 Å². The number of aromatic nitrogens is 3. The Morgan fingerprint density at radius 3 is 2.68 bits per heavy atom. The van der Waals surface area contributed by atoms with Gasteiger partial charge in [-0.25, -0.2) is 9.97 Å². The fourth-order valence-corrected chi connectivity index (χ4v) is 3.62. The van der Waals surface area contributed by atoms with Crippen LogP contribution in [0, 0.1) is 12.8 Å². The zero-order valence-electron chi connectivity index (χ0n) is 18.1. The van der Waals surface area contributed by atoms with Crippen molar-refractivity contribution in [2.45, 2.75) is 32.7 Å². The van der Waals surface area contributed by atoms with Crippen LogP contribution < -0.4 is 10.2 Å². The lowest BCUT2D eigenvalue weighted by atomic mass is 9.93. The van der Waals surface area contributed by atoms with E-state index in [9.17, 15) is 4.79 Å². The lowest BCUT2D eigenvalue weighted by molar-refractivity contribution is -0.125. The predicted octanol–water partition coefficient (Wildman–Crippen LogP) is 4.15. The van der Waals surface area contributed by atoms with E-state index in [0.717, 1.165) is 47.3 Å². The molecule has 31 heavy (non-hydrogen) atoms. The molecule has 0 fully saturated rings. The Kier molecular flexibility index (Phi) is 6.11. The molecule has 0 saturated carbocycles. The van der Waals surface area contributed by atoms with E-state index >= 15 is 0 Å². The summed E-state index contributed by atoms with van der Waals surface area (Å²) < 4.78 is 5.46. The van der Waals surface area contributed by atoms with Crippen LogP contribution in [0.5, 0.6) is 0 Å². The summed E-state index contributed by atoms with van der Waals surface area (Å²) in [7, 11) is 3.82. The summed E-state index contributed by atoms with van der Waals surface area (Å²) in [4.78, 5) is 23.4. The molecule has 1 amide bonds. The molecule has 160 valence electrons. The van der Waals surface area contributed by atoms with E-state index < -0.39 is 0 Å². The minimum Gasteiger partial charge on any atom is -0.356 e. The Morgan fingerprint density at radius 2 is 2.03 bits per heavy atom. The third-order valence-electron chi connectivity index (χ3n) is 5.40. The summed E-state index contributed by atoms with van der Waals surface area (Å²) in [5, 5.41) is 7.06. The van der Waals surface area contributed by atoms with Gasteiger partial charge in [0.05, 0.1) is 17.0 Å². The largest absolute Gasteiger partial charge is 0.356 e. The third kappa shape index (κ3) is 4.82. The maximum Gasteiger partial charge on any atom is 0.225 e. The molecular formula is C24H27N5O2. The Morgan fingerprint density at radius 1 is 1.23 bits per heavy atom. The molecule has 0 aliphatic heterocycles. The van der Waals surface area contributed by atoms with Crippen LogP contribution in [0.1, 0.15) is 30.5 Å². The molecule has 2 heterocycles. The van der Waals surface area contributed by atoms with Gasteiger partial charge in [-0.3, -0.25) is 4.79 Å². The fraction of sp³-hybridized carbons (Fsp3) is 0.333. The summed E-state index contributed by atoms with van der Waals surface area (Å²) in [6.45, 7) is 2.40. The maximum atomic E-state index is 12.4. The monoisotopic (exact) mass is 417 g/mol. The average molecular weight is 418 g/mol. The number of carbonyl (C=O) groups is 1. The molecule has 1 aliphatic rings. The molecule has 0 radical (unpaired) electrons. The van der Waals surface area contributed by atoms with E-state index in [2.05, 4.69) is 27.6 Å². The number of hydrogen-bond acceptors (Lipinski definition) is 6. The summed E-state index contributed by atoms with van der Waals surface area (Å²) in [6.07, 6.45) is 8.74. The Hall–Kier alpha value is -3.48. The third-order valence-corrected chi connectivity index (χ3v) is 5.40. The highest BCUT2D eigenvalue weighted by molar-refractivity contribution is 5.80. The number of nitrogens with zero attached hydrogens (tertiary/aromatic N) is 4. The molecule has 7 heteroatoms. The number of benzene rings is 1. The number of nitrogens with one attached hydrogen (secondary N) is 1. The Bertz CT molecular complexity index is 1090. The van der Waals surface area contributed by atoms with Crippen LogP contribution in [0.15, 0.2) is 53.2 Å². The van der Waals surface area contributed by atoms with Gasteiger partial charge in [-0.1, -0.05) is 41.6 Å². The predicted molar refractivity (Wildman–Crippen MR) is 120 cm³/mol. The smallest absolute Gasteiger partial charge is 0.225 e. The molecule has 0 saturated heterocycles. The van der Waals surface area contributed by atoms with Gasteiger partial charge in [0.2, 0.25) is 11.9 Å². The molecule has 4 rings (SSSR count). The lowest BCUT2D eigenvalue weighted by Crippen LogP contribution is -2.30. The van der Waals surface area contributed by atoms with Crippen molar-refractivity contribution < 1.29 is 9.32 Å². The van der Waals surface area contributed by atoms with Crippen LogP contribution in [0.3, 0.4) is 0 Å². The van der Waals surface area contributed by atoms with Crippen molar-refractivity contribution in [1.82, 2.24) is 20.4 Å². The first-order chi connectivity index (χ1) is 15.0. The average Bonchev–Trinajstić information content (AvgIpc) is 3.24. The second kappa shape index (κ2) is 9.12. The quantitative estimate of drug-likeness (QED) is 0.607. The van der Waals surface area contributed by atoms with E-state index in [-0.39, 0.29) is 11.8 Å². The molecule has 1 unspecified atom stereocenters. The van der Waals surface area contributed by atoms with Crippen LogP contribution in [-0.4, -0.2) is 35.1 Å². The van der Waals surface area contributed by atoms with Crippen LogP contribution in [0.25, 0.3) is 22.6 Å². The standard InChI is InChI=1S/C24H27N5O2/c1-16-13-21(31-28-16)20-15-26-24(29(2)3)27-22(20)18-11-9-17(10-12-18)14-25-23(30)19-7-5-4-6-8-19/h4-5,9-13,15,19H,6-8,14H2,1-3H3,(H,25,30). The van der Waals surface area contributed by atoms with E-state index in [1.165, 1.54) is 0 Å². The molecule has 2 aromatic heterocycles. The van der Waals surface area contributed by atoms with E-state index in [0.29, 0.717) is 18.3 Å². The molecule has 0 bridgehead atoms. The normalized spacial score (nSPS) is 15.6. The van der Waals surface area contributed by atoms with Crippen LogP contribution in [-0.2, 0) is 11.3 Å². The number of hydrogen-bond donors (Lipinski definition) is 1. The lowest BCUT2D eigenvalue weighted by Gasteiger charge is -2.17. The summed E-state index contributed by atoms with van der Waals surface area (Å²) in [6, 6.07) is 9.94. The van der Waals surface area contributed by atoms with Crippen molar-refractivity contribution in [3.8, 4) is 22.6 Å². The van der Waals surface area contributed by atoms with Crippen molar-refractivity contribution >= 4 is 11.9 Å². The number of anilines is 1. The van der Waals surface area contributed by atoms with E-state index in [1.807, 2.05) is 56.3 Å². The van der Waals surface area contributed by atoms with Gasteiger partial charge in [0, 0.05) is 44.4 Å². The van der Waals surface area contributed by atoms with Crippen molar-refractivity contribution in [3.63, 3.8) is 0 Å². The van der Waals surface area contributed by atoms with Gasteiger partial charge in [-0.05, 0) is 31.7 Å². The Labute approximate surface area is 182 Å². The molecule has 1 aliphatic carbocycles. The summed E-state index contributed by atoms with van der Waals surface area (Å²) >= 11 is 0. The molecule has 1 N–H and O–H groups in total. The highest BCUT2D eigenvalue weighted by atomic mass is 16.5. The van der Waals surface area contributed by atoms with E-state index in [4.69, 9.17) is 9.51 Å². The van der Waals surface area contributed by atoms with Gasteiger partial charge in [0.1, 0.15) is 0 Å². The first kappa shape index (κ1) is 20.8. The van der Waals surface area contributed by atoms with Crippen molar-refractivity contribution in [2.75, 3.05) is 19.0 Å². The molecule has 0 spiro atoms. The van der Waals surface area contributed by atoms with Gasteiger partial charge in [-0.15, -0.1) is 0 Å². The molecule has 1 atom stereocenters. The van der Waals surface area contributed by atoms with Gasteiger partial charge in [0.15, 0.2) is 5.76 Å². The Balaban J connectivity index is 1.54. The van der Waals surface area contributed by atoms with Gasteiger partial charge < -0.3 is 14.7 Å². The number of carbonyl (C=O) groups excluding carboxylic acids is 1. The number of aryl methyl sites for hydroxylation is 1. The van der Waals surface area contributed by atoms with Crippen molar-refractivity contribution in [1.29, 1.82) is 0 Å². The minimum absolute atomic E-state index is 0.0858. The second-order valence-electron chi connectivity index (χ2n) is 8.06. The molecular weight excluding hydrogens is 390 g/mol. The van der Waals surface area contributed by atoms with Gasteiger partial charge >= 0.3 is 0 Å².